The van der Waals surface area contributed by atoms with Crippen molar-refractivity contribution in [2.45, 2.75) is 26.2 Å². The first kappa shape index (κ1) is 15.3. The van der Waals surface area contributed by atoms with Crippen LogP contribution in [0.1, 0.15) is 24.4 Å². The van der Waals surface area contributed by atoms with E-state index in [1.54, 1.807) is 23.8 Å². The Kier molecular flexibility index (Phi) is 4.47. The summed E-state index contributed by atoms with van der Waals surface area (Å²) in [5.41, 5.74) is 1.56. The van der Waals surface area contributed by atoms with E-state index in [0.29, 0.717) is 41.7 Å². The number of nitrogens with one attached hydrogen (secondary N) is 1. The molecule has 0 unspecified atom stereocenters. The molecule has 0 aliphatic heterocycles. The highest BCUT2D eigenvalue weighted by atomic mass is 32.1. The SMILES string of the molecule is COc1ccc2nnc(CCCC(=O)Nc3nc(C)cs3)n2n1. The summed E-state index contributed by atoms with van der Waals surface area (Å²) in [7, 11) is 1.56. The Balaban J connectivity index is 1.57. The van der Waals surface area contributed by atoms with Gasteiger partial charge in [-0.1, -0.05) is 0 Å². The van der Waals surface area contributed by atoms with E-state index in [-0.39, 0.29) is 5.91 Å². The van der Waals surface area contributed by atoms with Gasteiger partial charge in [0.15, 0.2) is 16.6 Å². The number of fused-ring (bicyclic) bond motifs is 1. The molecule has 1 amide bonds. The lowest BCUT2D eigenvalue weighted by atomic mass is 10.2. The Hall–Kier alpha value is -2.55. The second-order valence-corrected chi connectivity index (χ2v) is 5.82. The van der Waals surface area contributed by atoms with Crippen LogP contribution in [0.5, 0.6) is 5.88 Å². The van der Waals surface area contributed by atoms with E-state index in [0.717, 1.165) is 5.69 Å². The topological polar surface area (TPSA) is 94.3 Å². The molecule has 0 aliphatic rings. The van der Waals surface area contributed by atoms with Crippen LogP contribution in [0, 0.1) is 6.92 Å². The fourth-order valence-corrected chi connectivity index (χ4v) is 2.79. The van der Waals surface area contributed by atoms with Crippen molar-refractivity contribution >= 4 is 28.0 Å². The number of aromatic nitrogens is 5. The van der Waals surface area contributed by atoms with Gasteiger partial charge in [0.2, 0.25) is 11.8 Å². The largest absolute Gasteiger partial charge is 0.480 e. The molecule has 120 valence electrons. The van der Waals surface area contributed by atoms with Gasteiger partial charge in [0.05, 0.1) is 12.8 Å². The maximum Gasteiger partial charge on any atom is 0.231 e. The molecule has 3 aromatic heterocycles. The molecule has 0 spiro atoms. The van der Waals surface area contributed by atoms with Crippen molar-refractivity contribution in [1.82, 2.24) is 24.8 Å². The average molecular weight is 332 g/mol. The van der Waals surface area contributed by atoms with Gasteiger partial charge in [0.1, 0.15) is 0 Å². The lowest BCUT2D eigenvalue weighted by Gasteiger charge is -2.02. The lowest BCUT2D eigenvalue weighted by molar-refractivity contribution is -0.116. The first-order valence-electron chi connectivity index (χ1n) is 7.13. The molecule has 3 heterocycles. The van der Waals surface area contributed by atoms with E-state index < -0.39 is 0 Å². The van der Waals surface area contributed by atoms with Gasteiger partial charge < -0.3 is 10.1 Å². The molecule has 0 fully saturated rings. The number of hydrogen-bond donors (Lipinski definition) is 1. The third kappa shape index (κ3) is 3.62. The monoisotopic (exact) mass is 332 g/mol. The zero-order valence-electron chi connectivity index (χ0n) is 12.8. The number of anilines is 1. The molecular formula is C14H16N6O2S. The number of carbonyl (C=O) groups is 1. The standard InChI is InChI=1S/C14H16N6O2S/c1-9-8-23-14(15-9)16-12(21)5-3-4-10-17-18-11-6-7-13(22-2)19-20(10)11/h6-8H,3-5H2,1-2H3,(H,15,16,21). The van der Waals surface area contributed by atoms with E-state index in [4.69, 9.17) is 4.74 Å². The van der Waals surface area contributed by atoms with Gasteiger partial charge in [-0.15, -0.1) is 26.6 Å². The van der Waals surface area contributed by atoms with Crippen LogP contribution < -0.4 is 10.1 Å². The fraction of sp³-hybridized carbons (Fsp3) is 0.357. The number of hydrogen-bond acceptors (Lipinski definition) is 7. The second kappa shape index (κ2) is 6.69. The minimum absolute atomic E-state index is 0.0567. The van der Waals surface area contributed by atoms with Crippen molar-refractivity contribution in [1.29, 1.82) is 0 Å². The van der Waals surface area contributed by atoms with Crippen molar-refractivity contribution in [2.24, 2.45) is 0 Å². The van der Waals surface area contributed by atoms with Crippen molar-refractivity contribution in [3.63, 3.8) is 0 Å². The van der Waals surface area contributed by atoms with Gasteiger partial charge in [-0.2, -0.15) is 4.52 Å². The number of amides is 1. The highest BCUT2D eigenvalue weighted by Crippen LogP contribution is 2.15. The molecule has 0 aromatic carbocycles. The number of rotatable bonds is 6. The molecule has 3 rings (SSSR count). The van der Waals surface area contributed by atoms with Crippen molar-refractivity contribution in [2.75, 3.05) is 12.4 Å². The number of ether oxygens (including phenoxy) is 1. The number of aryl methyl sites for hydroxylation is 2. The summed E-state index contributed by atoms with van der Waals surface area (Å²) in [5.74, 6) is 1.14. The van der Waals surface area contributed by atoms with Crippen LogP contribution in [0.2, 0.25) is 0 Å². The molecule has 3 aromatic rings. The number of methoxy groups -OCH3 is 1. The summed E-state index contributed by atoms with van der Waals surface area (Å²) in [5, 5.41) is 17.8. The fourth-order valence-electron chi connectivity index (χ4n) is 2.08. The molecular weight excluding hydrogens is 316 g/mol. The van der Waals surface area contributed by atoms with Crippen molar-refractivity contribution in [3.05, 3.63) is 29.0 Å². The van der Waals surface area contributed by atoms with Crippen LogP contribution in [0.25, 0.3) is 5.65 Å². The maximum absolute atomic E-state index is 11.9. The number of thiazole rings is 1. The smallest absolute Gasteiger partial charge is 0.231 e. The molecule has 8 nitrogen and oxygen atoms in total. The summed E-state index contributed by atoms with van der Waals surface area (Å²) in [6, 6.07) is 3.52. The van der Waals surface area contributed by atoms with Crippen LogP contribution in [0.4, 0.5) is 5.13 Å². The van der Waals surface area contributed by atoms with E-state index >= 15 is 0 Å². The summed E-state index contributed by atoms with van der Waals surface area (Å²) in [4.78, 5) is 16.1. The van der Waals surface area contributed by atoms with Gasteiger partial charge in [0.25, 0.3) is 0 Å². The predicted octanol–water partition coefficient (Wildman–Crippen LogP) is 1.86. The third-order valence-corrected chi connectivity index (χ3v) is 4.06. The molecule has 1 N–H and O–H groups in total. The van der Waals surface area contributed by atoms with E-state index in [1.165, 1.54) is 11.3 Å². The molecule has 0 saturated carbocycles. The van der Waals surface area contributed by atoms with E-state index in [1.807, 2.05) is 12.3 Å². The Morgan fingerprint density at radius 1 is 1.39 bits per heavy atom. The maximum atomic E-state index is 11.9. The molecule has 9 heteroatoms. The van der Waals surface area contributed by atoms with E-state index in [9.17, 15) is 4.79 Å². The van der Waals surface area contributed by atoms with Gasteiger partial charge in [-0.3, -0.25) is 4.79 Å². The minimum atomic E-state index is -0.0567. The molecule has 0 radical (unpaired) electrons. The predicted molar refractivity (Wildman–Crippen MR) is 85.8 cm³/mol. The Bertz CT molecular complexity index is 828. The average Bonchev–Trinajstić information content (AvgIpc) is 3.13. The molecule has 0 bridgehead atoms. The molecule has 0 saturated heterocycles. The van der Waals surface area contributed by atoms with Crippen molar-refractivity contribution in [3.8, 4) is 5.88 Å². The lowest BCUT2D eigenvalue weighted by Crippen LogP contribution is -2.11. The van der Waals surface area contributed by atoms with Gasteiger partial charge in [0, 0.05) is 24.3 Å². The van der Waals surface area contributed by atoms with Crippen LogP contribution in [-0.2, 0) is 11.2 Å². The molecule has 0 aliphatic carbocycles. The summed E-state index contributed by atoms with van der Waals surface area (Å²) in [6.07, 6.45) is 1.64. The first-order valence-corrected chi connectivity index (χ1v) is 8.01. The Morgan fingerprint density at radius 2 is 2.26 bits per heavy atom. The number of carbonyl (C=O) groups excluding carboxylic acids is 1. The second-order valence-electron chi connectivity index (χ2n) is 4.96. The zero-order valence-corrected chi connectivity index (χ0v) is 13.6. The third-order valence-electron chi connectivity index (χ3n) is 3.18. The first-order chi connectivity index (χ1) is 11.2. The van der Waals surface area contributed by atoms with Crippen LogP contribution >= 0.6 is 11.3 Å². The Morgan fingerprint density at radius 3 is 3.00 bits per heavy atom. The normalized spacial score (nSPS) is 10.9. The van der Waals surface area contributed by atoms with Gasteiger partial charge in [-0.25, -0.2) is 4.98 Å². The van der Waals surface area contributed by atoms with Crippen LogP contribution in [0.3, 0.4) is 0 Å². The Labute approximate surface area is 136 Å². The number of nitrogens with zero attached hydrogens (tertiary/aromatic N) is 5. The minimum Gasteiger partial charge on any atom is -0.480 e. The quantitative estimate of drug-likeness (QED) is 0.740. The summed E-state index contributed by atoms with van der Waals surface area (Å²) in [6.45, 7) is 1.89. The highest BCUT2D eigenvalue weighted by Gasteiger charge is 2.10. The zero-order chi connectivity index (χ0) is 16.2. The van der Waals surface area contributed by atoms with Gasteiger partial charge in [-0.05, 0) is 19.4 Å². The molecule has 23 heavy (non-hydrogen) atoms. The molecule has 0 atom stereocenters. The summed E-state index contributed by atoms with van der Waals surface area (Å²) >= 11 is 1.42. The highest BCUT2D eigenvalue weighted by molar-refractivity contribution is 7.13. The van der Waals surface area contributed by atoms with Crippen LogP contribution in [-0.4, -0.2) is 37.8 Å². The van der Waals surface area contributed by atoms with Crippen LogP contribution in [0.15, 0.2) is 17.5 Å². The van der Waals surface area contributed by atoms with Crippen molar-refractivity contribution < 1.29 is 9.53 Å². The van der Waals surface area contributed by atoms with E-state index in [2.05, 4.69) is 25.6 Å². The summed E-state index contributed by atoms with van der Waals surface area (Å²) < 4.78 is 6.74. The van der Waals surface area contributed by atoms with Gasteiger partial charge >= 0.3 is 0 Å².